The molecule has 1 unspecified atom stereocenters. The Kier molecular flexibility index (Phi) is 3.81. The van der Waals surface area contributed by atoms with Gasteiger partial charge in [-0.3, -0.25) is 0 Å². The number of nitrogens with one attached hydrogen (secondary N) is 2. The molecule has 0 fully saturated rings. The molecule has 0 aromatic carbocycles. The van der Waals surface area contributed by atoms with Crippen LogP contribution in [0.15, 0.2) is 18.6 Å². The zero-order valence-corrected chi connectivity index (χ0v) is 10.6. The minimum Gasteiger partial charge on any atom is -0.359 e. The third-order valence-electron chi connectivity index (χ3n) is 2.28. The fraction of sp³-hybridized carbons (Fsp3) is 0.300. The van der Waals surface area contributed by atoms with E-state index in [9.17, 15) is 0 Å². The van der Waals surface area contributed by atoms with Crippen LogP contribution in [-0.4, -0.2) is 19.9 Å². The number of aromatic amines is 1. The highest BCUT2D eigenvalue weighted by molar-refractivity contribution is 6.33. The molecule has 0 radical (unpaired) electrons. The fourth-order valence-electron chi connectivity index (χ4n) is 1.44. The molecule has 2 N–H and O–H groups in total. The zero-order valence-electron chi connectivity index (χ0n) is 9.11. The molecule has 0 aliphatic rings. The SMILES string of the molecule is CCC(Nc1nc(Cl)ncc1Cl)c1ncc[nH]1. The number of H-pyrrole nitrogens is 1. The second kappa shape index (κ2) is 5.33. The summed E-state index contributed by atoms with van der Waals surface area (Å²) in [6, 6.07) is 0.00784. The Hall–Kier alpha value is -1.33. The Bertz CT molecular complexity index is 485. The van der Waals surface area contributed by atoms with Crippen LogP contribution in [0, 0.1) is 0 Å². The van der Waals surface area contributed by atoms with Gasteiger partial charge in [0, 0.05) is 12.4 Å². The van der Waals surface area contributed by atoms with Gasteiger partial charge in [-0.25, -0.2) is 9.97 Å². The van der Waals surface area contributed by atoms with Crippen LogP contribution in [0.4, 0.5) is 5.82 Å². The van der Waals surface area contributed by atoms with Crippen molar-refractivity contribution >= 4 is 29.0 Å². The normalized spacial score (nSPS) is 12.4. The van der Waals surface area contributed by atoms with Crippen LogP contribution in [0.1, 0.15) is 25.2 Å². The van der Waals surface area contributed by atoms with Gasteiger partial charge in [-0.1, -0.05) is 18.5 Å². The number of rotatable bonds is 4. The van der Waals surface area contributed by atoms with Gasteiger partial charge < -0.3 is 10.3 Å². The van der Waals surface area contributed by atoms with Crippen molar-refractivity contribution in [2.75, 3.05) is 5.32 Å². The third kappa shape index (κ3) is 2.87. The van der Waals surface area contributed by atoms with Gasteiger partial charge in [-0.2, -0.15) is 4.98 Å². The topological polar surface area (TPSA) is 66.5 Å². The monoisotopic (exact) mass is 271 g/mol. The molecule has 90 valence electrons. The van der Waals surface area contributed by atoms with Crippen molar-refractivity contribution in [2.24, 2.45) is 0 Å². The van der Waals surface area contributed by atoms with E-state index >= 15 is 0 Å². The maximum Gasteiger partial charge on any atom is 0.224 e. The van der Waals surface area contributed by atoms with E-state index in [1.54, 1.807) is 12.4 Å². The molecule has 2 rings (SSSR count). The summed E-state index contributed by atoms with van der Waals surface area (Å²) in [6.07, 6.45) is 5.78. The average Bonchev–Trinajstić information content (AvgIpc) is 2.84. The molecule has 0 amide bonds. The van der Waals surface area contributed by atoms with Gasteiger partial charge in [0.2, 0.25) is 5.28 Å². The number of hydrogen-bond donors (Lipinski definition) is 2. The number of hydrogen-bond acceptors (Lipinski definition) is 4. The first-order valence-corrected chi connectivity index (χ1v) is 5.90. The number of anilines is 1. The average molecular weight is 272 g/mol. The van der Waals surface area contributed by atoms with E-state index in [2.05, 4.69) is 25.3 Å². The lowest BCUT2D eigenvalue weighted by molar-refractivity contribution is 0.700. The predicted molar refractivity (Wildman–Crippen MR) is 67.3 cm³/mol. The van der Waals surface area contributed by atoms with E-state index in [0.717, 1.165) is 12.2 Å². The lowest BCUT2D eigenvalue weighted by Crippen LogP contribution is -2.13. The lowest BCUT2D eigenvalue weighted by atomic mass is 10.2. The molecule has 1 atom stereocenters. The zero-order chi connectivity index (χ0) is 12.3. The van der Waals surface area contributed by atoms with Crippen molar-refractivity contribution in [1.29, 1.82) is 0 Å². The quantitative estimate of drug-likeness (QED) is 0.839. The van der Waals surface area contributed by atoms with Gasteiger partial charge >= 0.3 is 0 Å². The fourth-order valence-corrected chi connectivity index (χ4v) is 1.72. The van der Waals surface area contributed by atoms with Gasteiger partial charge in [-0.05, 0) is 18.0 Å². The van der Waals surface area contributed by atoms with Gasteiger partial charge in [0.15, 0.2) is 0 Å². The van der Waals surface area contributed by atoms with Crippen molar-refractivity contribution in [3.63, 3.8) is 0 Å². The molecule has 0 bridgehead atoms. The van der Waals surface area contributed by atoms with Gasteiger partial charge in [0.25, 0.3) is 0 Å². The van der Waals surface area contributed by atoms with E-state index in [-0.39, 0.29) is 11.3 Å². The molecular formula is C10H11Cl2N5. The first kappa shape index (κ1) is 12.1. The Morgan fingerprint density at radius 1 is 1.41 bits per heavy atom. The summed E-state index contributed by atoms with van der Waals surface area (Å²) < 4.78 is 0. The number of halogens is 2. The van der Waals surface area contributed by atoms with Crippen molar-refractivity contribution < 1.29 is 0 Å². The smallest absolute Gasteiger partial charge is 0.224 e. The summed E-state index contributed by atoms with van der Waals surface area (Å²) in [5, 5.41) is 3.77. The van der Waals surface area contributed by atoms with Gasteiger partial charge in [-0.15, -0.1) is 0 Å². The number of imidazole rings is 1. The Balaban J connectivity index is 2.21. The second-order valence-corrected chi connectivity index (χ2v) is 4.16. The van der Waals surface area contributed by atoms with Crippen molar-refractivity contribution in [1.82, 2.24) is 19.9 Å². The Labute approximate surface area is 109 Å². The van der Waals surface area contributed by atoms with Crippen LogP contribution in [0.2, 0.25) is 10.3 Å². The van der Waals surface area contributed by atoms with Crippen LogP contribution < -0.4 is 5.32 Å². The highest BCUT2D eigenvalue weighted by Crippen LogP contribution is 2.25. The first-order valence-electron chi connectivity index (χ1n) is 5.14. The largest absolute Gasteiger partial charge is 0.359 e. The molecule has 17 heavy (non-hydrogen) atoms. The molecule has 0 aliphatic heterocycles. The minimum atomic E-state index is 0.00784. The summed E-state index contributed by atoms with van der Waals surface area (Å²) in [6.45, 7) is 2.04. The second-order valence-electron chi connectivity index (χ2n) is 3.42. The van der Waals surface area contributed by atoms with Crippen molar-refractivity contribution in [3.8, 4) is 0 Å². The molecule has 0 spiro atoms. The molecule has 2 heterocycles. The van der Waals surface area contributed by atoms with E-state index in [1.807, 2.05) is 6.92 Å². The molecule has 0 saturated carbocycles. The lowest BCUT2D eigenvalue weighted by Gasteiger charge is -2.15. The molecule has 2 aromatic rings. The maximum atomic E-state index is 5.98. The van der Waals surface area contributed by atoms with Crippen LogP contribution in [-0.2, 0) is 0 Å². The highest BCUT2D eigenvalue weighted by atomic mass is 35.5. The number of nitrogens with zero attached hydrogens (tertiary/aromatic N) is 3. The Morgan fingerprint density at radius 2 is 2.24 bits per heavy atom. The molecule has 7 heteroatoms. The number of aromatic nitrogens is 4. The standard InChI is InChI=1S/C10H11Cl2N5/c1-2-7(9-13-3-4-14-9)16-8-6(11)5-15-10(12)17-8/h3-5,7H,2H2,1H3,(H,13,14)(H,15,16,17). The summed E-state index contributed by atoms with van der Waals surface area (Å²) >= 11 is 11.7. The summed E-state index contributed by atoms with van der Waals surface area (Å²) in [4.78, 5) is 15.1. The minimum absolute atomic E-state index is 0.00784. The van der Waals surface area contributed by atoms with Crippen molar-refractivity contribution in [3.05, 3.63) is 34.7 Å². The molecule has 5 nitrogen and oxygen atoms in total. The molecule has 0 aliphatic carbocycles. The van der Waals surface area contributed by atoms with Gasteiger partial charge in [0.05, 0.1) is 12.2 Å². The molecule has 2 aromatic heterocycles. The predicted octanol–water partition coefficient (Wildman–Crippen LogP) is 3.07. The van der Waals surface area contributed by atoms with E-state index < -0.39 is 0 Å². The van der Waals surface area contributed by atoms with E-state index in [4.69, 9.17) is 23.2 Å². The van der Waals surface area contributed by atoms with E-state index in [1.165, 1.54) is 6.20 Å². The van der Waals surface area contributed by atoms with Crippen LogP contribution in [0.3, 0.4) is 0 Å². The van der Waals surface area contributed by atoms with Gasteiger partial charge in [0.1, 0.15) is 16.7 Å². The summed E-state index contributed by atoms with van der Waals surface area (Å²) in [7, 11) is 0. The molecule has 0 saturated heterocycles. The Morgan fingerprint density at radius 3 is 2.88 bits per heavy atom. The van der Waals surface area contributed by atoms with Crippen molar-refractivity contribution in [2.45, 2.75) is 19.4 Å². The third-order valence-corrected chi connectivity index (χ3v) is 2.74. The highest BCUT2D eigenvalue weighted by Gasteiger charge is 2.14. The summed E-state index contributed by atoms with van der Waals surface area (Å²) in [5.74, 6) is 1.34. The maximum absolute atomic E-state index is 5.98. The summed E-state index contributed by atoms with van der Waals surface area (Å²) in [5.41, 5.74) is 0. The molecular weight excluding hydrogens is 261 g/mol. The van der Waals surface area contributed by atoms with E-state index in [0.29, 0.717) is 10.8 Å². The van der Waals surface area contributed by atoms with Crippen LogP contribution in [0.5, 0.6) is 0 Å². The van der Waals surface area contributed by atoms with Crippen LogP contribution >= 0.6 is 23.2 Å². The first-order chi connectivity index (χ1) is 8.20. The van der Waals surface area contributed by atoms with Crippen LogP contribution in [0.25, 0.3) is 0 Å².